The first-order valence-corrected chi connectivity index (χ1v) is 29.3. The number of carbonyl (C=O) groups excluding carboxylic acids is 5. The minimum atomic E-state index is -1.09. The number of nitrogens with one attached hydrogen (secondary N) is 3. The number of rotatable bonds is 34. The molecule has 466 valence electrons. The Bertz CT molecular complexity index is 2950. The van der Waals surface area contributed by atoms with Crippen molar-refractivity contribution in [3.05, 3.63) is 102 Å². The van der Waals surface area contributed by atoms with E-state index in [0.29, 0.717) is 86.6 Å². The number of hydrogen-bond acceptors (Lipinski definition) is 17. The van der Waals surface area contributed by atoms with Gasteiger partial charge in [0.1, 0.15) is 48.2 Å². The minimum absolute atomic E-state index is 0.0642. The van der Waals surface area contributed by atoms with Gasteiger partial charge >= 0.3 is 5.97 Å². The number of carbonyl (C=O) groups is 6. The normalized spacial score (nSPS) is 15.1. The molecule has 2 aromatic carbocycles. The number of carboxylic acids is 1. The largest absolute Gasteiger partial charge is 0.487 e. The second kappa shape index (κ2) is 33.5. The van der Waals surface area contributed by atoms with Gasteiger partial charge in [-0.15, -0.1) is 0 Å². The number of nitrogens with zero attached hydrogens (tertiary/aromatic N) is 6. The number of amides is 5. The van der Waals surface area contributed by atoms with E-state index in [2.05, 4.69) is 62.1 Å². The van der Waals surface area contributed by atoms with Gasteiger partial charge in [-0.05, 0) is 128 Å². The van der Waals surface area contributed by atoms with Crippen molar-refractivity contribution in [1.82, 2.24) is 30.3 Å². The first-order valence-electron chi connectivity index (χ1n) is 29.3. The van der Waals surface area contributed by atoms with Gasteiger partial charge in [0.25, 0.3) is 11.8 Å². The van der Waals surface area contributed by atoms with Crippen LogP contribution >= 0.6 is 0 Å². The fourth-order valence-corrected chi connectivity index (χ4v) is 9.57. The first-order chi connectivity index (χ1) is 41.2. The molecule has 3 heterocycles. The molecule has 24 nitrogen and oxygen atoms in total. The molecule has 4 aromatic rings. The zero-order valence-corrected chi connectivity index (χ0v) is 50.3. The Labute approximate surface area is 503 Å². The van der Waals surface area contributed by atoms with Gasteiger partial charge in [0.05, 0.1) is 51.7 Å². The van der Waals surface area contributed by atoms with Crippen LogP contribution in [0.15, 0.2) is 94.9 Å². The van der Waals surface area contributed by atoms with E-state index in [1.807, 2.05) is 39.8 Å². The van der Waals surface area contributed by atoms with Gasteiger partial charge in [-0.2, -0.15) is 10.2 Å². The van der Waals surface area contributed by atoms with Crippen LogP contribution in [0.1, 0.15) is 119 Å². The molecule has 0 unspecified atom stereocenters. The number of ether oxygens (including phenoxy) is 5. The highest BCUT2D eigenvalue weighted by Gasteiger charge is 2.42. The molecular weight excluding hydrogens is 1100 g/mol. The molecule has 86 heavy (non-hydrogen) atoms. The summed E-state index contributed by atoms with van der Waals surface area (Å²) in [4.78, 5) is 82.5. The Morgan fingerprint density at radius 3 is 2.12 bits per heavy atom. The van der Waals surface area contributed by atoms with E-state index in [1.54, 1.807) is 29.2 Å². The lowest BCUT2D eigenvalue weighted by atomic mass is 9.88. The molecule has 5 amide bonds. The summed E-state index contributed by atoms with van der Waals surface area (Å²) >= 11 is 0. The number of aliphatic carboxylic acids is 1. The Morgan fingerprint density at radius 1 is 0.849 bits per heavy atom. The van der Waals surface area contributed by atoms with Crippen molar-refractivity contribution in [2.24, 2.45) is 56.5 Å². The van der Waals surface area contributed by atoms with Crippen LogP contribution in [-0.2, 0) is 39.9 Å². The predicted octanol–water partition coefficient (Wildman–Crippen LogP) is 6.21. The van der Waals surface area contributed by atoms with Crippen LogP contribution < -0.4 is 42.7 Å². The Hall–Kier alpha value is -8.22. The van der Waals surface area contributed by atoms with E-state index in [0.717, 1.165) is 28.8 Å². The monoisotopic (exact) mass is 1190 g/mol. The number of allylic oxidation sites excluding steroid dienone is 2. The van der Waals surface area contributed by atoms with Crippen molar-refractivity contribution < 1.29 is 57.6 Å². The van der Waals surface area contributed by atoms with Crippen LogP contribution in [0.3, 0.4) is 0 Å². The number of primary amides is 1. The highest BCUT2D eigenvalue weighted by Crippen LogP contribution is 2.50. The summed E-state index contributed by atoms with van der Waals surface area (Å²) in [5.41, 5.74) is 16.1. The van der Waals surface area contributed by atoms with Gasteiger partial charge in [0.2, 0.25) is 23.6 Å². The van der Waals surface area contributed by atoms with Crippen molar-refractivity contribution in [2.45, 2.75) is 112 Å². The highest BCUT2D eigenvalue weighted by molar-refractivity contribution is 6.31. The summed E-state index contributed by atoms with van der Waals surface area (Å²) in [5, 5.41) is 25.6. The smallest absolute Gasteiger partial charge is 0.326 e. The van der Waals surface area contributed by atoms with Crippen molar-refractivity contribution >= 4 is 58.7 Å². The standard InChI is InChI=1S/C41H56N10O11.C21H30N2O/c1-41(2,3)12-10-33(40(56)57)48-39(55)28-8-9-36(46-21-28)62-31-7-4-6-30(20-31)61-32-24-50(25-32)37(53)27-60-19-17-58-16-18-59-26-29(49-43)22-44-23-35(52)45-13-5-15-51-34(38(42)54)11-14-47-51;1-13(2)21(14(3)22)17-8-10-18(11-9-17)23-20(24)12-19(15-4-5-15)16-6-7-16/h4,6-9,11,14,20-22,32-33H,5,10,12-13,15-19,23-27,43H2,1-3H3,(H2,42,54)(H,45,52)(H,48,55)(H,56,57);8-11,13,15-16,19H,4-7,12,22H2,1-3H3,(H,23,24)/b44-22?,49-29+;21-14+/t33-;/m0./s1. The number of aromatic nitrogens is 3. The molecule has 2 aliphatic carbocycles. The maximum absolute atomic E-state index is 12.7. The van der Waals surface area contributed by atoms with E-state index in [4.69, 9.17) is 41.0 Å². The summed E-state index contributed by atoms with van der Waals surface area (Å²) in [6.07, 6.45) is 11.4. The maximum Gasteiger partial charge on any atom is 0.326 e. The molecule has 3 fully saturated rings. The Kier molecular flexibility index (Phi) is 26.0. The van der Waals surface area contributed by atoms with Crippen LogP contribution in [0.25, 0.3) is 5.57 Å². The summed E-state index contributed by atoms with van der Waals surface area (Å²) < 4.78 is 29.8. The number of nitrogens with two attached hydrogens (primary N) is 3. The number of likely N-dealkylation sites (tertiary alicyclic amines) is 1. The number of pyridine rings is 1. The van der Waals surface area contributed by atoms with Gasteiger partial charge in [0.15, 0.2) is 0 Å². The lowest BCUT2D eigenvalue weighted by Gasteiger charge is -2.38. The summed E-state index contributed by atoms with van der Waals surface area (Å²) in [6, 6.07) is 18.6. The number of carboxylic acid groups (broad SMARTS) is 1. The average Bonchev–Trinajstić information content (AvgIpc) is 2.90. The summed E-state index contributed by atoms with van der Waals surface area (Å²) in [6.45, 7) is 14.7. The predicted molar refractivity (Wildman–Crippen MR) is 325 cm³/mol. The van der Waals surface area contributed by atoms with Gasteiger partial charge in [-0.25, -0.2) is 9.78 Å². The molecular formula is C62H86N12O12. The second-order valence-electron chi connectivity index (χ2n) is 23.2. The van der Waals surface area contributed by atoms with E-state index in [9.17, 15) is 33.9 Å². The van der Waals surface area contributed by atoms with Crippen LogP contribution in [0, 0.1) is 29.1 Å². The zero-order valence-electron chi connectivity index (χ0n) is 50.3. The number of anilines is 1. The molecule has 24 heteroatoms. The van der Waals surface area contributed by atoms with Crippen molar-refractivity contribution in [3.63, 3.8) is 0 Å². The van der Waals surface area contributed by atoms with Gasteiger partial charge in [-0.1, -0.05) is 52.8 Å². The fraction of sp³-hybridized carbons (Fsp3) is 0.516. The molecule has 1 aliphatic heterocycles. The van der Waals surface area contributed by atoms with Crippen LogP contribution in [0.4, 0.5) is 5.69 Å². The molecule has 10 N–H and O–H groups in total. The molecule has 2 saturated carbocycles. The second-order valence-corrected chi connectivity index (χ2v) is 23.2. The average molecular weight is 1190 g/mol. The highest BCUT2D eigenvalue weighted by atomic mass is 16.5. The number of aliphatic imine (C=N–C) groups is 1. The minimum Gasteiger partial charge on any atom is -0.487 e. The lowest BCUT2D eigenvalue weighted by Crippen LogP contribution is -2.57. The molecule has 2 aromatic heterocycles. The third kappa shape index (κ3) is 23.3. The molecule has 0 spiro atoms. The van der Waals surface area contributed by atoms with E-state index < -0.39 is 23.8 Å². The molecule has 3 aliphatic rings. The number of hydrazone groups is 1. The molecule has 0 bridgehead atoms. The Balaban J connectivity index is 0.000000407. The Morgan fingerprint density at radius 2 is 1.51 bits per heavy atom. The summed E-state index contributed by atoms with van der Waals surface area (Å²) in [7, 11) is 0. The molecule has 1 atom stereocenters. The van der Waals surface area contributed by atoms with Crippen LogP contribution in [0.5, 0.6) is 17.4 Å². The quantitative estimate of drug-likeness (QED) is 0.0118. The maximum atomic E-state index is 12.7. The van der Waals surface area contributed by atoms with E-state index in [-0.39, 0.29) is 86.9 Å². The number of hydrogen-bond donors (Lipinski definition) is 7. The van der Waals surface area contributed by atoms with E-state index >= 15 is 0 Å². The number of benzene rings is 2. The first kappa shape index (κ1) is 66.9. The van der Waals surface area contributed by atoms with E-state index in [1.165, 1.54) is 72.7 Å². The number of aryl methyl sites for hydroxylation is 1. The topological polar surface area (TPSA) is 342 Å². The lowest BCUT2D eigenvalue weighted by molar-refractivity contribution is -0.145. The third-order valence-corrected chi connectivity index (χ3v) is 14.4. The fourth-order valence-electron chi connectivity index (χ4n) is 9.57. The van der Waals surface area contributed by atoms with Crippen molar-refractivity contribution in [1.29, 1.82) is 0 Å². The molecule has 7 rings (SSSR count). The van der Waals surface area contributed by atoms with Crippen molar-refractivity contribution in [2.75, 3.05) is 71.1 Å². The van der Waals surface area contributed by atoms with Gasteiger partial charge < -0.3 is 67.0 Å². The van der Waals surface area contributed by atoms with Gasteiger partial charge in [-0.3, -0.25) is 33.6 Å². The van der Waals surface area contributed by atoms with Crippen LogP contribution in [-0.4, -0.2) is 150 Å². The van der Waals surface area contributed by atoms with Crippen molar-refractivity contribution in [3.8, 4) is 17.4 Å². The SMILES string of the molecule is C/C(N)=C(\c1ccc(NC(=O)CC(C2CC2)C2CC2)cc1)C(C)C.CC(C)(C)CC[C@H](NC(=O)c1ccc(Oc2cccc(OC3CN(C(=O)COCCOCCOC/C(C=NCC(=O)NCCCn4nccc4C(N)=O)=N/N)C3)c2)nc1)C(=O)O. The molecule has 0 radical (unpaired) electrons. The summed E-state index contributed by atoms with van der Waals surface area (Å²) in [5.74, 6) is 6.76. The third-order valence-electron chi connectivity index (χ3n) is 14.4. The van der Waals surface area contributed by atoms with Crippen LogP contribution in [0.2, 0.25) is 0 Å². The van der Waals surface area contributed by atoms with Gasteiger partial charge in [0, 0.05) is 61.6 Å². The molecule has 1 saturated heterocycles. The zero-order chi connectivity index (χ0) is 62.2.